The summed E-state index contributed by atoms with van der Waals surface area (Å²) in [5, 5.41) is 2.98. The van der Waals surface area contributed by atoms with Crippen molar-refractivity contribution in [3.8, 4) is 5.75 Å². The van der Waals surface area contributed by atoms with Crippen molar-refractivity contribution in [3.63, 3.8) is 0 Å². The number of hydrogen-bond donors (Lipinski definition) is 1. The summed E-state index contributed by atoms with van der Waals surface area (Å²) in [6.45, 7) is 16.5. The van der Waals surface area contributed by atoms with Crippen molar-refractivity contribution >= 4 is 41.4 Å². The Labute approximate surface area is 329 Å². The number of carbonyl (C=O) groups is 3. The number of hydrogen-bond acceptors (Lipinski definition) is 10. The van der Waals surface area contributed by atoms with Crippen LogP contribution < -0.4 is 10.1 Å². The van der Waals surface area contributed by atoms with Gasteiger partial charge in [-0.1, -0.05) is 78.7 Å². The molecule has 3 aromatic rings. The molecule has 0 aliphatic heterocycles. The van der Waals surface area contributed by atoms with Gasteiger partial charge in [-0.05, 0) is 117 Å². The normalized spacial score (nSPS) is 13.1. The van der Waals surface area contributed by atoms with Crippen LogP contribution in [-0.2, 0) is 39.9 Å². The van der Waals surface area contributed by atoms with E-state index in [4.69, 9.17) is 40.0 Å². The number of unbranched alkanes of at least 4 members (excludes halogenated alkanes) is 2. The van der Waals surface area contributed by atoms with E-state index < -0.39 is 47.2 Å². The van der Waals surface area contributed by atoms with E-state index in [1.54, 1.807) is 62.3 Å². The molecule has 3 rings (SSSR count). The van der Waals surface area contributed by atoms with Gasteiger partial charge in [0.25, 0.3) is 0 Å². The van der Waals surface area contributed by atoms with E-state index in [2.05, 4.69) is 5.32 Å². The Bertz CT molecular complexity index is 1650. The molecule has 2 unspecified atom stereocenters. The Morgan fingerprint density at radius 3 is 2.06 bits per heavy atom. The van der Waals surface area contributed by atoms with Crippen molar-refractivity contribution in [3.05, 3.63) is 88.9 Å². The summed E-state index contributed by atoms with van der Waals surface area (Å²) in [4.78, 5) is 40.1. The zero-order chi connectivity index (χ0) is 39.9. The number of ether oxygens (including phenoxy) is 6. The minimum Gasteiger partial charge on any atom is -0.489 e. The molecule has 0 saturated heterocycles. The van der Waals surface area contributed by atoms with Gasteiger partial charge in [-0.15, -0.1) is 0 Å². The highest BCUT2D eigenvalue weighted by atomic mass is 35.5. The highest BCUT2D eigenvalue weighted by Crippen LogP contribution is 2.37. The number of carbonyl (C=O) groups excluding carboxylic acids is 3. The van der Waals surface area contributed by atoms with Gasteiger partial charge in [-0.2, -0.15) is 0 Å². The average Bonchev–Trinajstić information content (AvgIpc) is 3.04. The van der Waals surface area contributed by atoms with Crippen molar-refractivity contribution in [2.45, 2.75) is 134 Å². The van der Waals surface area contributed by atoms with Crippen LogP contribution in [0.25, 0.3) is 0 Å². The van der Waals surface area contributed by atoms with Crippen LogP contribution in [0.15, 0.2) is 82.6 Å². The number of halogens is 1. The second-order valence-corrected chi connectivity index (χ2v) is 17.3. The molecule has 0 saturated carbocycles. The first kappa shape index (κ1) is 44.6. The maximum Gasteiger partial charge on any atom is 0.410 e. The summed E-state index contributed by atoms with van der Waals surface area (Å²) in [7, 11) is 0. The summed E-state index contributed by atoms with van der Waals surface area (Å²) < 4.78 is 34.3. The minimum absolute atomic E-state index is 0.123. The number of nitrogens with one attached hydrogen (secondary N) is 1. The molecule has 54 heavy (non-hydrogen) atoms. The van der Waals surface area contributed by atoms with E-state index in [0.29, 0.717) is 43.1 Å². The van der Waals surface area contributed by atoms with E-state index in [1.165, 1.54) is 11.8 Å². The third-order valence-corrected chi connectivity index (χ3v) is 8.38. The second kappa shape index (κ2) is 20.8. The zero-order valence-corrected chi connectivity index (χ0v) is 34.6. The van der Waals surface area contributed by atoms with Crippen molar-refractivity contribution in [1.29, 1.82) is 0 Å². The third kappa shape index (κ3) is 18.0. The highest BCUT2D eigenvalue weighted by molar-refractivity contribution is 7.99. The molecular weight excluding hydrogens is 730 g/mol. The lowest BCUT2D eigenvalue weighted by Crippen LogP contribution is -2.48. The monoisotopic (exact) mass is 785 g/mol. The molecule has 0 aromatic heterocycles. The number of benzene rings is 3. The van der Waals surface area contributed by atoms with Crippen LogP contribution in [0.2, 0.25) is 5.02 Å². The van der Waals surface area contributed by atoms with E-state index in [0.717, 1.165) is 27.5 Å². The molecule has 0 radical (unpaired) electrons. The average molecular weight is 786 g/mol. The summed E-state index contributed by atoms with van der Waals surface area (Å²) >= 11 is 8.48. The van der Waals surface area contributed by atoms with Crippen molar-refractivity contribution in [1.82, 2.24) is 5.32 Å². The smallest absolute Gasteiger partial charge is 0.410 e. The first-order valence-electron chi connectivity index (χ1n) is 18.2. The molecule has 0 aliphatic rings. The van der Waals surface area contributed by atoms with E-state index in [1.807, 2.05) is 72.8 Å². The zero-order valence-electron chi connectivity index (χ0n) is 33.0. The Kier molecular flexibility index (Phi) is 17.2. The number of amides is 1. The molecule has 296 valence electrons. The molecule has 0 heterocycles. The van der Waals surface area contributed by atoms with Gasteiger partial charge in [0.2, 0.25) is 6.23 Å². The number of esters is 2. The molecule has 2 atom stereocenters. The van der Waals surface area contributed by atoms with Crippen LogP contribution in [0.4, 0.5) is 4.79 Å². The lowest BCUT2D eigenvalue weighted by Gasteiger charge is -2.29. The number of alkyl carbamates (subject to hydrolysis) is 1. The van der Waals surface area contributed by atoms with E-state index >= 15 is 0 Å². The molecule has 10 nitrogen and oxygen atoms in total. The summed E-state index contributed by atoms with van der Waals surface area (Å²) in [5.41, 5.74) is -0.509. The fourth-order valence-corrected chi connectivity index (χ4v) is 6.23. The highest BCUT2D eigenvalue weighted by Gasteiger charge is 2.33. The van der Waals surface area contributed by atoms with Crippen molar-refractivity contribution in [2.75, 3.05) is 13.2 Å². The van der Waals surface area contributed by atoms with Gasteiger partial charge in [-0.25, -0.2) is 14.4 Å². The van der Waals surface area contributed by atoms with Crippen molar-refractivity contribution in [2.24, 2.45) is 0 Å². The van der Waals surface area contributed by atoms with E-state index in [9.17, 15) is 14.4 Å². The van der Waals surface area contributed by atoms with Gasteiger partial charge >= 0.3 is 18.0 Å². The molecule has 0 aliphatic carbocycles. The Balaban J connectivity index is 1.76. The third-order valence-electron chi connectivity index (χ3n) is 7.07. The Hall–Kier alpha value is -3.77. The first-order valence-corrected chi connectivity index (χ1v) is 19.4. The standard InChI is InChI=1S/C42H56ClNO9S/c1-40(2,3)51-36(45)28-48-24-15-11-14-21-35(50-37(38(46)52-41(4,5)6)44-39(47)53-42(7,8)9)33-23-22-32(26-34(33)43)54-31-20-16-19-30(25-31)49-27-29-17-12-10-13-18-29/h10,12-13,16-20,22-23,25-26,35,37H,11,14-15,21,24,27-28H2,1-9H3,(H,44,47). The van der Waals surface area contributed by atoms with Gasteiger partial charge in [-0.3, -0.25) is 5.32 Å². The van der Waals surface area contributed by atoms with Crippen LogP contribution in [0.3, 0.4) is 0 Å². The fraction of sp³-hybridized carbons (Fsp3) is 0.500. The topological polar surface area (TPSA) is 119 Å². The van der Waals surface area contributed by atoms with Gasteiger partial charge in [0.05, 0.1) is 6.10 Å². The summed E-state index contributed by atoms with van der Waals surface area (Å²) in [6, 6.07) is 23.5. The lowest BCUT2D eigenvalue weighted by atomic mass is 10.0. The largest absolute Gasteiger partial charge is 0.489 e. The summed E-state index contributed by atoms with van der Waals surface area (Å²) in [6.07, 6.45) is -0.485. The molecule has 0 spiro atoms. The Morgan fingerprint density at radius 1 is 0.741 bits per heavy atom. The van der Waals surface area contributed by atoms with Gasteiger partial charge in [0.1, 0.15) is 35.8 Å². The predicted octanol–water partition coefficient (Wildman–Crippen LogP) is 10.2. The fourth-order valence-electron chi connectivity index (χ4n) is 4.95. The molecule has 3 aromatic carbocycles. The molecule has 1 N–H and O–H groups in total. The van der Waals surface area contributed by atoms with Crippen LogP contribution in [0.1, 0.15) is 105 Å². The van der Waals surface area contributed by atoms with Crippen LogP contribution in [0, 0.1) is 0 Å². The Morgan fingerprint density at radius 2 is 1.41 bits per heavy atom. The molecule has 12 heteroatoms. The van der Waals surface area contributed by atoms with Crippen molar-refractivity contribution < 1.29 is 42.8 Å². The van der Waals surface area contributed by atoms with Crippen LogP contribution >= 0.6 is 23.4 Å². The van der Waals surface area contributed by atoms with Gasteiger partial charge < -0.3 is 28.4 Å². The van der Waals surface area contributed by atoms with Crippen LogP contribution in [-0.4, -0.2) is 54.3 Å². The van der Waals surface area contributed by atoms with E-state index in [-0.39, 0.29) is 6.61 Å². The molecule has 0 fully saturated rings. The molecule has 1 amide bonds. The van der Waals surface area contributed by atoms with Crippen LogP contribution in [0.5, 0.6) is 5.75 Å². The minimum atomic E-state index is -1.48. The quantitative estimate of drug-likeness (QED) is 0.0578. The summed E-state index contributed by atoms with van der Waals surface area (Å²) in [5.74, 6) is -0.436. The van der Waals surface area contributed by atoms with Gasteiger partial charge in [0, 0.05) is 21.4 Å². The maximum absolute atomic E-state index is 13.4. The second-order valence-electron chi connectivity index (χ2n) is 15.7. The predicted molar refractivity (Wildman–Crippen MR) is 211 cm³/mol. The molecular formula is C42H56ClNO9S. The first-order chi connectivity index (χ1) is 25.3. The van der Waals surface area contributed by atoms with Gasteiger partial charge in [0.15, 0.2) is 0 Å². The maximum atomic E-state index is 13.4. The molecule has 0 bridgehead atoms. The lowest BCUT2D eigenvalue weighted by molar-refractivity contribution is -0.175. The SMILES string of the molecule is CC(C)(C)OC(=O)COCCCCCC(OC(NC(=O)OC(C)(C)C)C(=O)OC(C)(C)C)c1ccc(Sc2cccc(OCc3ccccc3)c2)cc1Cl. The number of rotatable bonds is 18.